The Bertz CT molecular complexity index is 630. The Morgan fingerprint density at radius 3 is 3.08 bits per heavy atom. The second kappa shape index (κ2) is 8.16. The van der Waals surface area contributed by atoms with Crippen LogP contribution >= 0.6 is 0 Å². The number of rotatable bonds is 7. The maximum absolute atomic E-state index is 5.26. The zero-order chi connectivity index (χ0) is 16.8. The van der Waals surface area contributed by atoms with Crippen molar-refractivity contribution in [2.75, 3.05) is 31.7 Å². The first-order valence-electron chi connectivity index (χ1n) is 8.33. The van der Waals surface area contributed by atoms with E-state index in [4.69, 9.17) is 9.26 Å². The van der Waals surface area contributed by atoms with Crippen LogP contribution in [0.3, 0.4) is 0 Å². The summed E-state index contributed by atoms with van der Waals surface area (Å²) in [5.74, 6) is 2.24. The van der Waals surface area contributed by atoms with Crippen molar-refractivity contribution in [2.24, 2.45) is 0 Å². The minimum Gasteiger partial charge on any atom is -0.384 e. The van der Waals surface area contributed by atoms with E-state index in [1.807, 2.05) is 19.1 Å². The van der Waals surface area contributed by atoms with Gasteiger partial charge in [-0.25, -0.2) is 0 Å². The van der Waals surface area contributed by atoms with E-state index in [1.54, 1.807) is 7.11 Å². The number of anilines is 1. The minimum atomic E-state index is 0.371. The summed E-state index contributed by atoms with van der Waals surface area (Å²) in [4.78, 5) is 6.63. The molecule has 0 saturated carbocycles. The molecule has 24 heavy (non-hydrogen) atoms. The summed E-state index contributed by atoms with van der Waals surface area (Å²) in [6.07, 6.45) is 2.92. The fourth-order valence-electron chi connectivity index (χ4n) is 2.80. The largest absolute Gasteiger partial charge is 0.384 e. The minimum absolute atomic E-state index is 0.371. The molecule has 1 aliphatic heterocycles. The fourth-order valence-corrected chi connectivity index (χ4v) is 2.80. The molecule has 0 bridgehead atoms. The second-order valence-corrected chi connectivity index (χ2v) is 6.05. The van der Waals surface area contributed by atoms with E-state index in [0.29, 0.717) is 37.3 Å². The van der Waals surface area contributed by atoms with E-state index in [1.165, 1.54) is 0 Å². The van der Waals surface area contributed by atoms with Crippen LogP contribution in [0.4, 0.5) is 5.82 Å². The predicted molar refractivity (Wildman–Crippen MR) is 88.7 cm³/mol. The molecule has 1 N–H and O–H groups in total. The smallest absolute Gasteiger partial charge is 0.240 e. The lowest BCUT2D eigenvalue weighted by Crippen LogP contribution is -2.45. The Hall–Kier alpha value is -2.06. The molecule has 8 heteroatoms. The molecule has 0 spiro atoms. The van der Waals surface area contributed by atoms with Gasteiger partial charge in [-0.1, -0.05) is 5.16 Å². The monoisotopic (exact) mass is 332 g/mol. The van der Waals surface area contributed by atoms with Crippen LogP contribution in [0.5, 0.6) is 0 Å². The Labute approximate surface area is 141 Å². The fraction of sp³-hybridized carbons (Fsp3) is 0.625. The number of ether oxygens (including phenoxy) is 1. The summed E-state index contributed by atoms with van der Waals surface area (Å²) >= 11 is 0. The number of nitrogens with one attached hydrogen (secondary N) is 1. The highest BCUT2D eigenvalue weighted by atomic mass is 16.5. The number of aryl methyl sites for hydroxylation is 1. The van der Waals surface area contributed by atoms with Gasteiger partial charge in [-0.3, -0.25) is 0 Å². The summed E-state index contributed by atoms with van der Waals surface area (Å²) in [6.45, 7) is 5.04. The van der Waals surface area contributed by atoms with Gasteiger partial charge in [0.2, 0.25) is 5.89 Å². The normalized spacial score (nSPS) is 18.1. The molecule has 130 valence electrons. The molecular formula is C16H24N6O2. The van der Waals surface area contributed by atoms with Crippen LogP contribution in [0.15, 0.2) is 16.7 Å². The van der Waals surface area contributed by atoms with Crippen LogP contribution in [0.2, 0.25) is 0 Å². The van der Waals surface area contributed by atoms with E-state index >= 15 is 0 Å². The van der Waals surface area contributed by atoms with Gasteiger partial charge >= 0.3 is 0 Å². The molecule has 1 aliphatic rings. The number of piperidine rings is 1. The molecule has 0 unspecified atom stereocenters. The Morgan fingerprint density at radius 2 is 2.29 bits per heavy atom. The van der Waals surface area contributed by atoms with Gasteiger partial charge in [-0.2, -0.15) is 10.1 Å². The van der Waals surface area contributed by atoms with E-state index in [0.717, 1.165) is 37.4 Å². The lowest BCUT2D eigenvalue weighted by atomic mass is 10.1. The summed E-state index contributed by atoms with van der Waals surface area (Å²) < 4.78 is 10.3. The van der Waals surface area contributed by atoms with Gasteiger partial charge in [0.05, 0.1) is 18.8 Å². The van der Waals surface area contributed by atoms with Gasteiger partial charge in [-0.15, -0.1) is 5.10 Å². The van der Waals surface area contributed by atoms with Crippen molar-refractivity contribution < 1.29 is 9.26 Å². The summed E-state index contributed by atoms with van der Waals surface area (Å²) in [7, 11) is 1.66. The maximum atomic E-state index is 5.26. The standard InChI is InChI=1S/C16H24N6O2/c1-12-5-6-15(20-19-12)22-8-3-4-13(11-22)17-10-16-18-14(21-24-16)7-9-23-2/h5-6,13,17H,3-4,7-11H2,1-2H3/t13-/m1/s1. The zero-order valence-corrected chi connectivity index (χ0v) is 14.2. The van der Waals surface area contributed by atoms with Gasteiger partial charge in [0.15, 0.2) is 11.6 Å². The number of hydrogen-bond acceptors (Lipinski definition) is 8. The zero-order valence-electron chi connectivity index (χ0n) is 14.2. The first-order chi connectivity index (χ1) is 11.7. The molecule has 3 rings (SSSR count). The molecule has 1 saturated heterocycles. The molecule has 0 aromatic carbocycles. The number of methoxy groups -OCH3 is 1. The van der Waals surface area contributed by atoms with E-state index in [-0.39, 0.29) is 0 Å². The van der Waals surface area contributed by atoms with Crippen molar-refractivity contribution >= 4 is 5.82 Å². The second-order valence-electron chi connectivity index (χ2n) is 6.05. The van der Waals surface area contributed by atoms with Crippen LogP contribution in [-0.2, 0) is 17.7 Å². The molecule has 0 amide bonds. The molecule has 0 radical (unpaired) electrons. The first-order valence-corrected chi connectivity index (χ1v) is 8.33. The molecule has 3 heterocycles. The van der Waals surface area contributed by atoms with Crippen LogP contribution in [0, 0.1) is 6.92 Å². The van der Waals surface area contributed by atoms with Crippen LogP contribution in [0.25, 0.3) is 0 Å². The average molecular weight is 332 g/mol. The predicted octanol–water partition coefficient (Wildman–Crippen LogP) is 1.12. The average Bonchev–Trinajstić information content (AvgIpc) is 3.07. The maximum Gasteiger partial charge on any atom is 0.240 e. The van der Waals surface area contributed by atoms with Crippen molar-refractivity contribution in [3.63, 3.8) is 0 Å². The highest BCUT2D eigenvalue weighted by Gasteiger charge is 2.21. The van der Waals surface area contributed by atoms with Gasteiger partial charge in [-0.05, 0) is 31.9 Å². The third-order valence-corrected chi connectivity index (χ3v) is 4.11. The molecule has 8 nitrogen and oxygen atoms in total. The van der Waals surface area contributed by atoms with Crippen molar-refractivity contribution in [3.05, 3.63) is 29.5 Å². The van der Waals surface area contributed by atoms with Gasteiger partial charge in [0.1, 0.15) is 0 Å². The quantitative estimate of drug-likeness (QED) is 0.807. The topological polar surface area (TPSA) is 89.2 Å². The summed E-state index contributed by atoms with van der Waals surface area (Å²) in [6, 6.07) is 4.40. The lowest BCUT2D eigenvalue weighted by molar-refractivity contribution is 0.199. The molecular weight excluding hydrogens is 308 g/mol. The molecule has 2 aromatic heterocycles. The van der Waals surface area contributed by atoms with Crippen molar-refractivity contribution in [1.82, 2.24) is 25.7 Å². The van der Waals surface area contributed by atoms with Gasteiger partial charge in [0.25, 0.3) is 0 Å². The van der Waals surface area contributed by atoms with Crippen molar-refractivity contribution in [3.8, 4) is 0 Å². The summed E-state index contributed by atoms with van der Waals surface area (Å²) in [5, 5.41) is 15.9. The number of nitrogens with zero attached hydrogens (tertiary/aromatic N) is 5. The Kier molecular flexibility index (Phi) is 5.71. The SMILES string of the molecule is COCCc1noc(CN[C@@H]2CCCN(c3ccc(C)nn3)C2)n1. The van der Waals surface area contributed by atoms with Crippen LogP contribution in [-0.4, -0.2) is 53.2 Å². The van der Waals surface area contributed by atoms with E-state index in [2.05, 4.69) is 30.6 Å². The molecule has 2 aromatic rings. The summed E-state index contributed by atoms with van der Waals surface area (Å²) in [5.41, 5.74) is 0.936. The third kappa shape index (κ3) is 4.48. The third-order valence-electron chi connectivity index (χ3n) is 4.11. The Morgan fingerprint density at radius 1 is 1.38 bits per heavy atom. The Balaban J connectivity index is 1.50. The highest BCUT2D eigenvalue weighted by molar-refractivity contribution is 5.38. The lowest BCUT2D eigenvalue weighted by Gasteiger charge is -2.33. The van der Waals surface area contributed by atoms with Gasteiger partial charge in [0, 0.05) is 32.7 Å². The highest BCUT2D eigenvalue weighted by Crippen LogP contribution is 2.17. The van der Waals surface area contributed by atoms with Crippen LogP contribution < -0.4 is 10.2 Å². The number of aromatic nitrogens is 4. The van der Waals surface area contributed by atoms with E-state index in [9.17, 15) is 0 Å². The van der Waals surface area contributed by atoms with Gasteiger partial charge < -0.3 is 19.5 Å². The van der Waals surface area contributed by atoms with E-state index < -0.39 is 0 Å². The molecule has 1 atom stereocenters. The van der Waals surface area contributed by atoms with Crippen molar-refractivity contribution in [1.29, 1.82) is 0 Å². The van der Waals surface area contributed by atoms with Crippen molar-refractivity contribution in [2.45, 2.75) is 38.8 Å². The van der Waals surface area contributed by atoms with Crippen LogP contribution in [0.1, 0.15) is 30.3 Å². The number of hydrogen-bond donors (Lipinski definition) is 1. The first kappa shape index (κ1) is 16.8. The molecule has 1 fully saturated rings. The molecule has 0 aliphatic carbocycles.